The molecule has 0 unspecified atom stereocenters. The number of aryl methyl sites for hydroxylation is 2. The van der Waals surface area contributed by atoms with Crippen LogP contribution in [0.1, 0.15) is 54.2 Å². The van der Waals surface area contributed by atoms with Gasteiger partial charge in [0.2, 0.25) is 5.76 Å². The van der Waals surface area contributed by atoms with E-state index < -0.39 is 5.97 Å². The van der Waals surface area contributed by atoms with Crippen LogP contribution < -0.4 is 0 Å². The predicted molar refractivity (Wildman–Crippen MR) is 58.5 cm³/mol. The van der Waals surface area contributed by atoms with Gasteiger partial charge < -0.3 is 9.52 Å². The van der Waals surface area contributed by atoms with Gasteiger partial charge in [0.15, 0.2) is 5.89 Å². The summed E-state index contributed by atoms with van der Waals surface area (Å²) in [5, 5.41) is 8.82. The molecule has 0 bridgehead atoms. The van der Waals surface area contributed by atoms with E-state index in [0.717, 1.165) is 18.8 Å². The molecule has 1 aromatic rings. The maximum Gasteiger partial charge on any atom is 0.373 e. The molecule has 2 rings (SSSR count). The molecule has 88 valence electrons. The Bertz CT molecular complexity index is 378. The zero-order valence-corrected chi connectivity index (χ0v) is 9.53. The fourth-order valence-electron chi connectivity index (χ4n) is 2.38. The minimum absolute atomic E-state index is 0.0126. The van der Waals surface area contributed by atoms with Crippen molar-refractivity contribution >= 4 is 5.97 Å². The van der Waals surface area contributed by atoms with Gasteiger partial charge >= 0.3 is 5.97 Å². The molecule has 0 spiro atoms. The van der Waals surface area contributed by atoms with Gasteiger partial charge in [-0.3, -0.25) is 0 Å². The highest BCUT2D eigenvalue weighted by molar-refractivity contribution is 5.85. The first-order valence-electron chi connectivity index (χ1n) is 5.86. The summed E-state index contributed by atoms with van der Waals surface area (Å²) in [4.78, 5) is 14.9. The van der Waals surface area contributed by atoms with Crippen LogP contribution in [0.15, 0.2) is 4.42 Å². The van der Waals surface area contributed by atoms with Crippen LogP contribution in [0.3, 0.4) is 0 Å². The number of aromatic nitrogens is 1. The lowest BCUT2D eigenvalue weighted by molar-refractivity contribution is 0.0659. The lowest BCUT2D eigenvalue weighted by atomic mass is 10.0. The molecule has 1 saturated carbocycles. The van der Waals surface area contributed by atoms with Gasteiger partial charge in [0.05, 0.1) is 5.69 Å². The first-order valence-corrected chi connectivity index (χ1v) is 5.86. The molecule has 0 atom stereocenters. The second kappa shape index (κ2) is 4.68. The van der Waals surface area contributed by atoms with Gasteiger partial charge in [-0.05, 0) is 19.3 Å². The second-order valence-electron chi connectivity index (χ2n) is 4.52. The number of oxazole rings is 1. The van der Waals surface area contributed by atoms with Crippen LogP contribution in [-0.4, -0.2) is 16.1 Å². The van der Waals surface area contributed by atoms with Crippen molar-refractivity contribution in [1.82, 2.24) is 4.98 Å². The molecule has 1 aliphatic carbocycles. The number of hydrogen-bond acceptors (Lipinski definition) is 3. The van der Waals surface area contributed by atoms with Crippen LogP contribution in [0.2, 0.25) is 0 Å². The third-order valence-corrected chi connectivity index (χ3v) is 3.28. The topological polar surface area (TPSA) is 63.3 Å². The maximum absolute atomic E-state index is 10.8. The third kappa shape index (κ3) is 2.43. The number of rotatable bonds is 4. The maximum atomic E-state index is 10.8. The molecule has 4 nitrogen and oxygen atoms in total. The summed E-state index contributed by atoms with van der Waals surface area (Å²) >= 11 is 0. The first-order chi connectivity index (χ1) is 7.66. The van der Waals surface area contributed by atoms with Gasteiger partial charge in [0.25, 0.3) is 0 Å². The fourth-order valence-corrected chi connectivity index (χ4v) is 2.38. The summed E-state index contributed by atoms with van der Waals surface area (Å²) in [5.41, 5.74) is 0.480. The summed E-state index contributed by atoms with van der Waals surface area (Å²) in [6.45, 7) is 1.67. The Labute approximate surface area is 94.7 Å². The van der Waals surface area contributed by atoms with Crippen molar-refractivity contribution < 1.29 is 14.3 Å². The molecule has 16 heavy (non-hydrogen) atoms. The summed E-state index contributed by atoms with van der Waals surface area (Å²) in [6.07, 6.45) is 7.08. The van der Waals surface area contributed by atoms with Crippen molar-refractivity contribution in [3.63, 3.8) is 0 Å². The summed E-state index contributed by atoms with van der Waals surface area (Å²) < 4.78 is 5.23. The van der Waals surface area contributed by atoms with E-state index in [1.165, 1.54) is 25.7 Å². The molecule has 1 aromatic heterocycles. The lowest BCUT2D eigenvalue weighted by Gasteiger charge is -2.05. The highest BCUT2D eigenvalue weighted by Crippen LogP contribution is 2.28. The molecule has 0 amide bonds. The quantitative estimate of drug-likeness (QED) is 0.852. The Kier molecular flexibility index (Phi) is 3.27. The van der Waals surface area contributed by atoms with Crippen molar-refractivity contribution in [3.8, 4) is 0 Å². The molecule has 0 aliphatic heterocycles. The second-order valence-corrected chi connectivity index (χ2v) is 4.52. The summed E-state index contributed by atoms with van der Waals surface area (Å²) in [6, 6.07) is 0. The molecule has 0 aromatic carbocycles. The number of carboxylic acids is 1. The third-order valence-electron chi connectivity index (χ3n) is 3.28. The van der Waals surface area contributed by atoms with Crippen molar-refractivity contribution in [3.05, 3.63) is 17.3 Å². The van der Waals surface area contributed by atoms with Crippen LogP contribution in [0.5, 0.6) is 0 Å². The largest absolute Gasteiger partial charge is 0.475 e. The van der Waals surface area contributed by atoms with Gasteiger partial charge in [0, 0.05) is 6.42 Å². The van der Waals surface area contributed by atoms with Crippen LogP contribution in [-0.2, 0) is 6.42 Å². The molecular formula is C12H17NO3. The minimum Gasteiger partial charge on any atom is -0.475 e. The normalized spacial score (nSPS) is 16.8. The predicted octanol–water partition coefficient (Wildman–Crippen LogP) is 2.80. The Hall–Kier alpha value is -1.32. The van der Waals surface area contributed by atoms with Crippen molar-refractivity contribution in [2.24, 2.45) is 5.92 Å². The minimum atomic E-state index is -1.03. The van der Waals surface area contributed by atoms with E-state index in [1.807, 2.05) is 0 Å². The SMILES string of the molecule is Cc1nc(CCC2CCCC2)oc1C(=O)O. The number of hydrogen-bond donors (Lipinski definition) is 1. The molecule has 0 saturated heterocycles. The average molecular weight is 223 g/mol. The summed E-state index contributed by atoms with van der Waals surface area (Å²) in [5.74, 6) is 0.306. The molecule has 1 aliphatic rings. The molecule has 4 heteroatoms. The zero-order valence-electron chi connectivity index (χ0n) is 9.53. The smallest absolute Gasteiger partial charge is 0.373 e. The van der Waals surface area contributed by atoms with E-state index in [0.29, 0.717) is 11.6 Å². The molecule has 1 heterocycles. The number of carboxylic acid groups (broad SMARTS) is 1. The molecular weight excluding hydrogens is 206 g/mol. The molecule has 1 N–H and O–H groups in total. The monoisotopic (exact) mass is 223 g/mol. The van der Waals surface area contributed by atoms with Crippen LogP contribution in [0, 0.1) is 12.8 Å². The number of nitrogens with zero attached hydrogens (tertiary/aromatic N) is 1. The number of aromatic carboxylic acids is 1. The molecule has 0 radical (unpaired) electrons. The highest BCUT2D eigenvalue weighted by atomic mass is 16.4. The van der Waals surface area contributed by atoms with Crippen molar-refractivity contribution in [1.29, 1.82) is 0 Å². The standard InChI is InChI=1S/C12H17NO3/c1-8-11(12(14)15)16-10(13-8)7-6-9-4-2-3-5-9/h9H,2-7H2,1H3,(H,14,15). The Morgan fingerprint density at radius 1 is 1.50 bits per heavy atom. The Morgan fingerprint density at radius 2 is 2.19 bits per heavy atom. The average Bonchev–Trinajstić information content (AvgIpc) is 2.83. The van der Waals surface area contributed by atoms with Gasteiger partial charge in [-0.25, -0.2) is 9.78 Å². The van der Waals surface area contributed by atoms with E-state index in [2.05, 4.69) is 4.98 Å². The fraction of sp³-hybridized carbons (Fsp3) is 0.667. The van der Waals surface area contributed by atoms with E-state index in [9.17, 15) is 4.79 Å². The van der Waals surface area contributed by atoms with Crippen molar-refractivity contribution in [2.75, 3.05) is 0 Å². The van der Waals surface area contributed by atoms with E-state index in [1.54, 1.807) is 6.92 Å². The van der Waals surface area contributed by atoms with Crippen LogP contribution >= 0.6 is 0 Å². The van der Waals surface area contributed by atoms with Gasteiger partial charge in [0.1, 0.15) is 0 Å². The Balaban J connectivity index is 1.94. The van der Waals surface area contributed by atoms with Gasteiger partial charge in [-0.1, -0.05) is 25.7 Å². The summed E-state index contributed by atoms with van der Waals surface area (Å²) in [7, 11) is 0. The zero-order chi connectivity index (χ0) is 11.5. The van der Waals surface area contributed by atoms with Gasteiger partial charge in [-0.2, -0.15) is 0 Å². The van der Waals surface area contributed by atoms with Crippen molar-refractivity contribution in [2.45, 2.75) is 45.4 Å². The van der Waals surface area contributed by atoms with Gasteiger partial charge in [-0.15, -0.1) is 0 Å². The van der Waals surface area contributed by atoms with Crippen LogP contribution in [0.25, 0.3) is 0 Å². The number of carbonyl (C=O) groups is 1. The van der Waals surface area contributed by atoms with E-state index >= 15 is 0 Å². The lowest BCUT2D eigenvalue weighted by Crippen LogP contribution is -1.96. The van der Waals surface area contributed by atoms with Crippen LogP contribution in [0.4, 0.5) is 0 Å². The highest BCUT2D eigenvalue weighted by Gasteiger charge is 2.19. The molecule has 1 fully saturated rings. The van der Waals surface area contributed by atoms with E-state index in [-0.39, 0.29) is 5.76 Å². The Morgan fingerprint density at radius 3 is 2.75 bits per heavy atom. The van der Waals surface area contributed by atoms with E-state index in [4.69, 9.17) is 9.52 Å². The first kappa shape index (κ1) is 11.2.